The van der Waals surface area contributed by atoms with Gasteiger partial charge in [0.15, 0.2) is 6.10 Å². The topological polar surface area (TPSA) is 51.1 Å². The van der Waals surface area contributed by atoms with Gasteiger partial charge in [-0.15, -0.1) is 0 Å². The van der Waals surface area contributed by atoms with Crippen LogP contribution in [0.5, 0.6) is 5.75 Å². The van der Waals surface area contributed by atoms with Gasteiger partial charge in [-0.2, -0.15) is 0 Å². The molecule has 0 N–H and O–H groups in total. The van der Waals surface area contributed by atoms with E-state index < -0.39 is 5.82 Å². The summed E-state index contributed by atoms with van der Waals surface area (Å²) in [7, 11) is 1.60. The number of oxime groups is 1. The van der Waals surface area contributed by atoms with Gasteiger partial charge in [0.05, 0.1) is 19.4 Å². The molecular weight excluding hydrogens is 414 g/mol. The number of para-hydroxylation sites is 1. The Morgan fingerprint density at radius 2 is 1.69 bits per heavy atom. The van der Waals surface area contributed by atoms with Crippen molar-refractivity contribution in [3.8, 4) is 5.75 Å². The third-order valence-corrected chi connectivity index (χ3v) is 5.24. The number of ether oxygens (including phenoxy) is 1. The average Bonchev–Trinajstić information content (AvgIpc) is 3.28. The fraction of sp³-hybridized carbons (Fsp3) is 0.200. The molecule has 1 atom stereocenters. The number of carbonyl (C=O) groups excluding carboxylic acids is 1. The Labute approximate surface area is 184 Å². The summed E-state index contributed by atoms with van der Waals surface area (Å²) in [6.45, 7) is 0.510. The summed E-state index contributed by atoms with van der Waals surface area (Å²) < 4.78 is 32.0. The van der Waals surface area contributed by atoms with Crippen molar-refractivity contribution in [1.82, 2.24) is 4.90 Å². The Morgan fingerprint density at radius 1 is 1.03 bits per heavy atom. The van der Waals surface area contributed by atoms with Gasteiger partial charge in [0.25, 0.3) is 5.91 Å². The number of methoxy groups -OCH3 is 1. The SMILES string of the molecule is COc1ccccc1C1=NO[C@@H](CN(Cc2ccc(F)cc2)C(=O)c2ccc(F)cc2)C1. The fourth-order valence-corrected chi connectivity index (χ4v) is 3.62. The molecule has 4 rings (SSSR count). The number of carbonyl (C=O) groups is 1. The van der Waals surface area contributed by atoms with Gasteiger partial charge in [-0.1, -0.05) is 29.4 Å². The molecular formula is C25H22F2N2O3. The zero-order valence-corrected chi connectivity index (χ0v) is 17.5. The molecule has 32 heavy (non-hydrogen) atoms. The van der Waals surface area contributed by atoms with Gasteiger partial charge < -0.3 is 14.5 Å². The number of hydrogen-bond acceptors (Lipinski definition) is 4. The lowest BCUT2D eigenvalue weighted by atomic mass is 10.0. The lowest BCUT2D eigenvalue weighted by molar-refractivity contribution is 0.0405. The molecule has 5 nitrogen and oxygen atoms in total. The summed E-state index contributed by atoms with van der Waals surface area (Å²) in [6, 6.07) is 18.9. The van der Waals surface area contributed by atoms with E-state index in [1.807, 2.05) is 24.3 Å². The van der Waals surface area contributed by atoms with Crippen LogP contribution in [0.4, 0.5) is 8.78 Å². The van der Waals surface area contributed by atoms with Crippen molar-refractivity contribution in [2.45, 2.75) is 19.1 Å². The summed E-state index contributed by atoms with van der Waals surface area (Å²) in [6.07, 6.45) is 0.136. The fourth-order valence-electron chi connectivity index (χ4n) is 3.62. The molecule has 0 unspecified atom stereocenters. The van der Waals surface area contributed by atoms with Gasteiger partial charge in [0, 0.05) is 24.1 Å². The highest BCUT2D eigenvalue weighted by molar-refractivity contribution is 6.03. The van der Waals surface area contributed by atoms with Gasteiger partial charge in [-0.25, -0.2) is 8.78 Å². The van der Waals surface area contributed by atoms with Crippen molar-refractivity contribution >= 4 is 11.6 Å². The van der Waals surface area contributed by atoms with E-state index in [2.05, 4.69) is 5.16 Å². The predicted molar refractivity (Wildman–Crippen MR) is 117 cm³/mol. The van der Waals surface area contributed by atoms with Crippen LogP contribution in [-0.2, 0) is 11.4 Å². The molecule has 1 amide bonds. The van der Waals surface area contributed by atoms with Crippen LogP contribution in [0.1, 0.15) is 27.9 Å². The number of halogens is 2. The van der Waals surface area contributed by atoms with Crippen LogP contribution in [-0.4, -0.2) is 36.3 Å². The standard InChI is InChI=1S/C25H22F2N2O3/c1-31-24-5-3-2-4-22(24)23-14-21(32-28-23)16-29(15-17-6-10-19(26)11-7-17)25(30)18-8-12-20(27)13-9-18/h2-13,21H,14-16H2,1H3/t21-/m1/s1. The van der Waals surface area contributed by atoms with E-state index in [9.17, 15) is 13.6 Å². The maximum absolute atomic E-state index is 13.3. The highest BCUT2D eigenvalue weighted by Crippen LogP contribution is 2.25. The molecule has 7 heteroatoms. The average molecular weight is 436 g/mol. The molecule has 0 aromatic heterocycles. The quantitative estimate of drug-likeness (QED) is 0.534. The number of hydrogen-bond donors (Lipinski definition) is 0. The number of benzene rings is 3. The molecule has 0 spiro atoms. The van der Waals surface area contributed by atoms with Crippen LogP contribution in [0.15, 0.2) is 78.0 Å². The molecule has 0 aliphatic carbocycles. The molecule has 1 heterocycles. The predicted octanol–water partition coefficient (Wildman–Crippen LogP) is 4.81. The van der Waals surface area contributed by atoms with E-state index in [0.29, 0.717) is 17.7 Å². The lowest BCUT2D eigenvalue weighted by Crippen LogP contribution is -2.37. The summed E-state index contributed by atoms with van der Waals surface area (Å²) in [4.78, 5) is 20.4. The molecule has 0 radical (unpaired) electrons. The first-order valence-electron chi connectivity index (χ1n) is 10.2. The molecule has 164 valence electrons. The summed E-state index contributed by atoms with van der Waals surface area (Å²) in [5.41, 5.74) is 2.71. The van der Waals surface area contributed by atoms with Crippen LogP contribution in [0.3, 0.4) is 0 Å². The van der Waals surface area contributed by atoms with E-state index in [0.717, 1.165) is 16.8 Å². The largest absolute Gasteiger partial charge is 0.496 e. The van der Waals surface area contributed by atoms with Gasteiger partial charge in [0.1, 0.15) is 17.4 Å². The van der Waals surface area contributed by atoms with Gasteiger partial charge in [0.2, 0.25) is 0 Å². The number of nitrogens with zero attached hydrogens (tertiary/aromatic N) is 2. The maximum Gasteiger partial charge on any atom is 0.254 e. The molecule has 0 saturated carbocycles. The summed E-state index contributed by atoms with van der Waals surface area (Å²) in [5.74, 6) is -0.343. The minimum atomic E-state index is -0.416. The van der Waals surface area contributed by atoms with Crippen LogP contribution < -0.4 is 4.74 Å². The van der Waals surface area contributed by atoms with Crippen molar-refractivity contribution in [1.29, 1.82) is 0 Å². The molecule has 3 aromatic carbocycles. The smallest absolute Gasteiger partial charge is 0.254 e. The molecule has 3 aromatic rings. The first-order chi connectivity index (χ1) is 15.5. The Hall–Kier alpha value is -3.74. The highest BCUT2D eigenvalue weighted by Gasteiger charge is 2.28. The molecule has 0 saturated heterocycles. The van der Waals surface area contributed by atoms with Crippen LogP contribution in [0.2, 0.25) is 0 Å². The third-order valence-electron chi connectivity index (χ3n) is 5.24. The van der Waals surface area contributed by atoms with E-state index >= 15 is 0 Å². The van der Waals surface area contributed by atoms with Crippen LogP contribution in [0, 0.1) is 11.6 Å². The van der Waals surface area contributed by atoms with Crippen molar-refractivity contribution in [3.05, 3.63) is 101 Å². The Balaban J connectivity index is 1.52. The monoisotopic (exact) mass is 436 g/mol. The summed E-state index contributed by atoms with van der Waals surface area (Å²) in [5, 5.41) is 4.21. The lowest BCUT2D eigenvalue weighted by Gasteiger charge is -2.25. The van der Waals surface area contributed by atoms with Gasteiger partial charge in [-0.3, -0.25) is 4.79 Å². The highest BCUT2D eigenvalue weighted by atomic mass is 19.1. The normalized spacial score (nSPS) is 15.1. The first kappa shape index (κ1) is 21.5. The van der Waals surface area contributed by atoms with E-state index in [4.69, 9.17) is 9.57 Å². The van der Waals surface area contributed by atoms with Crippen LogP contribution >= 0.6 is 0 Å². The zero-order valence-electron chi connectivity index (χ0n) is 17.5. The third kappa shape index (κ3) is 4.94. The van der Waals surface area contributed by atoms with Gasteiger partial charge in [-0.05, 0) is 54.1 Å². The second-order valence-corrected chi connectivity index (χ2v) is 7.49. The Bertz CT molecular complexity index is 1110. The van der Waals surface area contributed by atoms with Crippen molar-refractivity contribution in [2.24, 2.45) is 5.16 Å². The number of amides is 1. The Kier molecular flexibility index (Phi) is 6.44. The molecule has 1 aliphatic heterocycles. The minimum Gasteiger partial charge on any atom is -0.496 e. The molecule has 0 fully saturated rings. The zero-order chi connectivity index (χ0) is 22.5. The Morgan fingerprint density at radius 3 is 2.38 bits per heavy atom. The molecule has 0 bridgehead atoms. The van der Waals surface area contributed by atoms with Crippen LogP contribution in [0.25, 0.3) is 0 Å². The second kappa shape index (κ2) is 9.60. The summed E-state index contributed by atoms with van der Waals surface area (Å²) >= 11 is 0. The minimum absolute atomic E-state index is 0.250. The second-order valence-electron chi connectivity index (χ2n) is 7.49. The molecule has 1 aliphatic rings. The van der Waals surface area contributed by atoms with E-state index in [1.165, 1.54) is 36.4 Å². The van der Waals surface area contributed by atoms with E-state index in [1.54, 1.807) is 24.1 Å². The van der Waals surface area contributed by atoms with Crippen molar-refractivity contribution < 1.29 is 23.1 Å². The van der Waals surface area contributed by atoms with Crippen molar-refractivity contribution in [2.75, 3.05) is 13.7 Å². The number of rotatable bonds is 7. The van der Waals surface area contributed by atoms with E-state index in [-0.39, 0.29) is 30.9 Å². The van der Waals surface area contributed by atoms with Crippen molar-refractivity contribution in [3.63, 3.8) is 0 Å². The van der Waals surface area contributed by atoms with Gasteiger partial charge >= 0.3 is 0 Å². The first-order valence-corrected chi connectivity index (χ1v) is 10.2. The maximum atomic E-state index is 13.3.